The summed E-state index contributed by atoms with van der Waals surface area (Å²) in [5.74, 6) is 0. The van der Waals surface area contributed by atoms with Crippen LogP contribution in [0.5, 0.6) is 0 Å². The van der Waals surface area contributed by atoms with Gasteiger partial charge in [0.2, 0.25) is 0 Å². The Labute approximate surface area is 38.2 Å². The van der Waals surface area contributed by atoms with Crippen LogP contribution in [0.2, 0.25) is 0 Å². The van der Waals surface area contributed by atoms with Crippen molar-refractivity contribution in [1.82, 2.24) is 0 Å². The van der Waals surface area contributed by atoms with Gasteiger partial charge in [-0.15, -0.1) is 0 Å². The van der Waals surface area contributed by atoms with E-state index in [2.05, 4.69) is 0 Å². The predicted molar refractivity (Wildman–Crippen MR) is 28.2 cm³/mol. The molecule has 1 nitrogen and oxygen atoms in total. The molecular formula is C5H9N. The van der Waals surface area contributed by atoms with Gasteiger partial charge in [0.05, 0.1) is 0 Å². The van der Waals surface area contributed by atoms with Crippen LogP contribution in [0.25, 0.3) is 0 Å². The normalized spacial score (nSPS) is 9.50. The Hall–Kier alpha value is -0.590. The van der Waals surface area contributed by atoms with Gasteiger partial charge in [-0.05, 0) is 12.5 Å². The predicted octanol–water partition coefficient (Wildman–Crippen LogP) is 1.60. The molecule has 0 rings (SSSR count). The summed E-state index contributed by atoms with van der Waals surface area (Å²) in [5.41, 5.74) is 0. The van der Waals surface area contributed by atoms with Gasteiger partial charge >= 0.3 is 0 Å². The lowest BCUT2D eigenvalue weighted by molar-refractivity contribution is 1.23. The second-order valence-corrected chi connectivity index (χ2v) is 1.00. The zero-order valence-electron chi connectivity index (χ0n) is 3.94. The summed E-state index contributed by atoms with van der Waals surface area (Å²) in [4.78, 5) is 0. The van der Waals surface area contributed by atoms with E-state index >= 15 is 0 Å². The van der Waals surface area contributed by atoms with Gasteiger partial charge < -0.3 is 5.41 Å². The van der Waals surface area contributed by atoms with Crippen LogP contribution in [0, 0.1) is 5.41 Å². The molecule has 0 saturated heterocycles. The van der Waals surface area contributed by atoms with E-state index in [-0.39, 0.29) is 0 Å². The third-order valence-corrected chi connectivity index (χ3v) is 0.468. The van der Waals surface area contributed by atoms with Crippen LogP contribution in [0.4, 0.5) is 0 Å². The summed E-state index contributed by atoms with van der Waals surface area (Å²) >= 11 is 0. The molecule has 0 amide bonds. The molecule has 6 heavy (non-hydrogen) atoms. The van der Waals surface area contributed by atoms with Crippen LogP contribution >= 0.6 is 0 Å². The van der Waals surface area contributed by atoms with Crippen molar-refractivity contribution in [2.45, 2.75) is 13.3 Å². The number of allylic oxidation sites excluding steroid dienone is 2. The van der Waals surface area contributed by atoms with Gasteiger partial charge in [0.15, 0.2) is 0 Å². The summed E-state index contributed by atoms with van der Waals surface area (Å²) in [7, 11) is 0. The maximum absolute atomic E-state index is 6.49. The Morgan fingerprint density at radius 2 is 2.33 bits per heavy atom. The summed E-state index contributed by atoms with van der Waals surface area (Å²) < 4.78 is 0. The van der Waals surface area contributed by atoms with E-state index in [1.165, 1.54) is 6.21 Å². The summed E-state index contributed by atoms with van der Waals surface area (Å²) in [6.45, 7) is 2.04. The zero-order chi connectivity index (χ0) is 4.83. The van der Waals surface area contributed by atoms with Gasteiger partial charge in [0, 0.05) is 6.21 Å². The van der Waals surface area contributed by atoms with E-state index in [1.54, 1.807) is 6.08 Å². The van der Waals surface area contributed by atoms with Crippen molar-refractivity contribution in [2.75, 3.05) is 0 Å². The van der Waals surface area contributed by atoms with Crippen LogP contribution in [-0.4, -0.2) is 6.21 Å². The fourth-order valence-corrected chi connectivity index (χ4v) is 0.204. The lowest BCUT2D eigenvalue weighted by Crippen LogP contribution is -1.54. The Morgan fingerprint density at radius 1 is 1.67 bits per heavy atom. The lowest BCUT2D eigenvalue weighted by Gasteiger charge is -1.66. The van der Waals surface area contributed by atoms with Gasteiger partial charge in [0.25, 0.3) is 0 Å². The van der Waals surface area contributed by atoms with E-state index in [4.69, 9.17) is 5.41 Å². The quantitative estimate of drug-likeness (QED) is 0.490. The first-order valence-corrected chi connectivity index (χ1v) is 2.07. The lowest BCUT2D eigenvalue weighted by atomic mass is 10.4. The first-order valence-electron chi connectivity index (χ1n) is 2.07. The third kappa shape index (κ3) is 3.41. The molecule has 0 fully saturated rings. The Kier molecular flexibility index (Phi) is 3.98. The highest BCUT2D eigenvalue weighted by molar-refractivity contribution is 5.67. The van der Waals surface area contributed by atoms with E-state index in [0.29, 0.717) is 0 Å². The molecule has 0 atom stereocenters. The van der Waals surface area contributed by atoms with Crippen molar-refractivity contribution in [2.24, 2.45) is 0 Å². The molecule has 0 aliphatic rings. The van der Waals surface area contributed by atoms with Crippen molar-refractivity contribution in [1.29, 1.82) is 5.41 Å². The standard InChI is InChI=1S/C5H9N/c1-2-3-4-5-6/h3-6H,2H2,1H3/b4-3+,6-5?. The molecule has 1 N–H and O–H groups in total. The average Bonchev–Trinajstić information content (AvgIpc) is 1.61. The Morgan fingerprint density at radius 3 is 2.50 bits per heavy atom. The van der Waals surface area contributed by atoms with Gasteiger partial charge in [-0.2, -0.15) is 0 Å². The van der Waals surface area contributed by atoms with Crippen LogP contribution in [0.15, 0.2) is 12.2 Å². The maximum atomic E-state index is 6.49. The van der Waals surface area contributed by atoms with Crippen LogP contribution < -0.4 is 0 Å². The second-order valence-electron chi connectivity index (χ2n) is 1.00. The summed E-state index contributed by atoms with van der Waals surface area (Å²) in [5, 5.41) is 6.49. The minimum atomic E-state index is 1.02. The molecule has 1 heteroatoms. The molecule has 0 spiro atoms. The minimum absolute atomic E-state index is 1.02. The highest BCUT2D eigenvalue weighted by Crippen LogP contribution is 1.73. The molecule has 0 radical (unpaired) electrons. The van der Waals surface area contributed by atoms with Crippen LogP contribution in [-0.2, 0) is 0 Å². The first kappa shape index (κ1) is 5.41. The van der Waals surface area contributed by atoms with Crippen LogP contribution in [0.3, 0.4) is 0 Å². The first-order chi connectivity index (χ1) is 2.91. The van der Waals surface area contributed by atoms with Crippen molar-refractivity contribution in [3.05, 3.63) is 12.2 Å². The average molecular weight is 83.1 g/mol. The molecule has 0 bridgehead atoms. The molecule has 0 saturated carbocycles. The molecule has 0 aliphatic heterocycles. The fourth-order valence-electron chi connectivity index (χ4n) is 0.204. The largest absolute Gasteiger partial charge is 0.309 e. The highest BCUT2D eigenvalue weighted by atomic mass is 14.3. The van der Waals surface area contributed by atoms with Gasteiger partial charge in [0.1, 0.15) is 0 Å². The highest BCUT2D eigenvalue weighted by Gasteiger charge is 1.56. The molecule has 0 aromatic heterocycles. The molecule has 0 aromatic rings. The maximum Gasteiger partial charge on any atom is 0.0174 e. The van der Waals surface area contributed by atoms with Gasteiger partial charge in [-0.1, -0.05) is 13.0 Å². The van der Waals surface area contributed by atoms with Gasteiger partial charge in [-0.3, -0.25) is 0 Å². The minimum Gasteiger partial charge on any atom is -0.309 e. The Balaban J connectivity index is 2.94. The SMILES string of the molecule is CC/C=C/C=N. The molecule has 0 aromatic carbocycles. The number of rotatable bonds is 2. The van der Waals surface area contributed by atoms with E-state index in [0.717, 1.165) is 6.42 Å². The van der Waals surface area contributed by atoms with Crippen LogP contribution in [0.1, 0.15) is 13.3 Å². The molecule has 34 valence electrons. The van der Waals surface area contributed by atoms with Crippen molar-refractivity contribution >= 4 is 6.21 Å². The van der Waals surface area contributed by atoms with Crippen molar-refractivity contribution in [3.63, 3.8) is 0 Å². The monoisotopic (exact) mass is 83.1 g/mol. The Bertz CT molecular complexity index is 55.0. The molecule has 0 aliphatic carbocycles. The second kappa shape index (κ2) is 4.41. The summed E-state index contributed by atoms with van der Waals surface area (Å²) in [6.07, 6.45) is 5.96. The van der Waals surface area contributed by atoms with Crippen molar-refractivity contribution in [3.8, 4) is 0 Å². The smallest absolute Gasteiger partial charge is 0.0174 e. The fraction of sp³-hybridized carbons (Fsp3) is 0.400. The third-order valence-electron chi connectivity index (χ3n) is 0.468. The topological polar surface area (TPSA) is 23.9 Å². The van der Waals surface area contributed by atoms with Crippen molar-refractivity contribution < 1.29 is 0 Å². The van der Waals surface area contributed by atoms with E-state index in [1.807, 2.05) is 13.0 Å². The molecule has 0 unspecified atom stereocenters. The van der Waals surface area contributed by atoms with Gasteiger partial charge in [-0.25, -0.2) is 0 Å². The molecule has 0 heterocycles. The molecular weight excluding hydrogens is 74.1 g/mol. The van der Waals surface area contributed by atoms with E-state index < -0.39 is 0 Å². The number of hydrogen-bond donors (Lipinski definition) is 1. The summed E-state index contributed by atoms with van der Waals surface area (Å²) in [6, 6.07) is 0. The van der Waals surface area contributed by atoms with E-state index in [9.17, 15) is 0 Å². The number of hydrogen-bond acceptors (Lipinski definition) is 1. The zero-order valence-corrected chi connectivity index (χ0v) is 3.94. The number of nitrogens with one attached hydrogen (secondary N) is 1.